The molecule has 1 fully saturated rings. The number of halogens is 3. The normalized spacial score (nSPS) is 15.4. The minimum absolute atomic E-state index is 0.173. The number of ether oxygens (including phenoxy) is 1. The van der Waals surface area contributed by atoms with Gasteiger partial charge in [0.05, 0.1) is 0 Å². The van der Waals surface area contributed by atoms with Crippen molar-refractivity contribution in [2.45, 2.75) is 31.7 Å². The molecule has 144 valence electrons. The Kier molecular flexibility index (Phi) is 5.78. The minimum atomic E-state index is -4.54. The van der Waals surface area contributed by atoms with Gasteiger partial charge in [0.25, 0.3) is 0 Å². The number of aromatic nitrogens is 2. The fourth-order valence-corrected chi connectivity index (χ4v) is 2.77. The van der Waals surface area contributed by atoms with Gasteiger partial charge in [-0.3, -0.25) is 0 Å². The van der Waals surface area contributed by atoms with Gasteiger partial charge in [-0.25, -0.2) is 9.78 Å². The highest BCUT2D eigenvalue weighted by molar-refractivity contribution is 5.74. The molecule has 2 heterocycles. The van der Waals surface area contributed by atoms with Crippen LogP contribution < -0.4 is 10.1 Å². The van der Waals surface area contributed by atoms with E-state index in [1.165, 1.54) is 0 Å². The molecule has 9 heteroatoms. The minimum Gasteiger partial charge on any atom is -0.460 e. The van der Waals surface area contributed by atoms with E-state index in [0.29, 0.717) is 32.5 Å². The van der Waals surface area contributed by atoms with E-state index in [9.17, 15) is 18.0 Å². The molecular weight excluding hydrogens is 361 g/mol. The lowest BCUT2D eigenvalue weighted by atomic mass is 10.1. The summed E-state index contributed by atoms with van der Waals surface area (Å²) in [5, 5.41) is 2.85. The number of hydrogen-bond donors (Lipinski definition) is 1. The zero-order chi connectivity index (χ0) is 19.3. The SMILES string of the molecule is O=C(NCc1ccccc1)N1CCC(Oc2nccc(C(F)(F)F)n2)CC1. The number of benzene rings is 1. The molecule has 0 bridgehead atoms. The summed E-state index contributed by atoms with van der Waals surface area (Å²) in [6.07, 6.45) is -2.85. The van der Waals surface area contributed by atoms with Gasteiger partial charge in [-0.05, 0) is 11.6 Å². The Labute approximate surface area is 154 Å². The quantitative estimate of drug-likeness (QED) is 0.884. The zero-order valence-electron chi connectivity index (χ0n) is 14.4. The van der Waals surface area contributed by atoms with E-state index >= 15 is 0 Å². The number of nitrogens with one attached hydrogen (secondary N) is 1. The number of alkyl halides is 3. The Morgan fingerprint density at radius 3 is 2.56 bits per heavy atom. The third kappa shape index (κ3) is 5.32. The van der Waals surface area contributed by atoms with Crippen LogP contribution in [0.1, 0.15) is 24.1 Å². The zero-order valence-corrected chi connectivity index (χ0v) is 14.4. The first kappa shape index (κ1) is 18.9. The number of piperidine rings is 1. The Balaban J connectivity index is 1.47. The molecule has 0 aliphatic carbocycles. The average molecular weight is 380 g/mol. The number of likely N-dealkylation sites (tertiary alicyclic amines) is 1. The number of nitrogens with zero attached hydrogens (tertiary/aromatic N) is 3. The molecule has 1 N–H and O–H groups in total. The smallest absolute Gasteiger partial charge is 0.433 e. The summed E-state index contributed by atoms with van der Waals surface area (Å²) >= 11 is 0. The van der Waals surface area contributed by atoms with E-state index in [0.717, 1.165) is 17.8 Å². The van der Waals surface area contributed by atoms with Gasteiger partial charge in [-0.15, -0.1) is 0 Å². The maximum absolute atomic E-state index is 12.7. The number of hydrogen-bond acceptors (Lipinski definition) is 4. The van der Waals surface area contributed by atoms with Crippen LogP contribution in [-0.4, -0.2) is 40.1 Å². The van der Waals surface area contributed by atoms with Crippen molar-refractivity contribution in [3.8, 4) is 6.01 Å². The van der Waals surface area contributed by atoms with Crippen LogP contribution in [0.5, 0.6) is 6.01 Å². The molecule has 2 aromatic rings. The summed E-state index contributed by atoms with van der Waals surface area (Å²) in [7, 11) is 0. The summed E-state index contributed by atoms with van der Waals surface area (Å²) < 4.78 is 43.5. The van der Waals surface area contributed by atoms with E-state index in [-0.39, 0.29) is 18.1 Å². The van der Waals surface area contributed by atoms with Crippen LogP contribution in [-0.2, 0) is 12.7 Å². The second-order valence-corrected chi connectivity index (χ2v) is 6.17. The second kappa shape index (κ2) is 8.24. The van der Waals surface area contributed by atoms with Crippen LogP contribution in [0.2, 0.25) is 0 Å². The lowest BCUT2D eigenvalue weighted by Gasteiger charge is -2.31. The molecule has 0 unspecified atom stereocenters. The maximum atomic E-state index is 12.7. The second-order valence-electron chi connectivity index (χ2n) is 6.17. The van der Waals surface area contributed by atoms with Crippen LogP contribution in [0, 0.1) is 0 Å². The molecule has 0 radical (unpaired) electrons. The fraction of sp³-hybridized carbons (Fsp3) is 0.389. The Morgan fingerprint density at radius 2 is 1.89 bits per heavy atom. The Bertz CT molecular complexity index is 763. The van der Waals surface area contributed by atoms with E-state index in [1.54, 1.807) is 4.90 Å². The molecule has 2 amide bonds. The van der Waals surface area contributed by atoms with Gasteiger partial charge in [0.2, 0.25) is 0 Å². The topological polar surface area (TPSA) is 67.4 Å². The van der Waals surface area contributed by atoms with Gasteiger partial charge in [0.15, 0.2) is 5.69 Å². The molecule has 0 atom stereocenters. The van der Waals surface area contributed by atoms with Gasteiger partial charge < -0.3 is 15.0 Å². The summed E-state index contributed by atoms with van der Waals surface area (Å²) in [4.78, 5) is 21.0. The highest BCUT2D eigenvalue weighted by atomic mass is 19.4. The van der Waals surface area contributed by atoms with Crippen molar-refractivity contribution < 1.29 is 22.7 Å². The van der Waals surface area contributed by atoms with Crippen LogP contribution in [0.25, 0.3) is 0 Å². The molecule has 0 spiro atoms. The van der Waals surface area contributed by atoms with Crippen LogP contribution in [0.3, 0.4) is 0 Å². The van der Waals surface area contributed by atoms with Gasteiger partial charge in [-0.2, -0.15) is 18.2 Å². The highest BCUT2D eigenvalue weighted by Crippen LogP contribution is 2.28. The lowest BCUT2D eigenvalue weighted by Crippen LogP contribution is -2.46. The lowest BCUT2D eigenvalue weighted by molar-refractivity contribution is -0.141. The van der Waals surface area contributed by atoms with Crippen LogP contribution in [0.4, 0.5) is 18.0 Å². The number of urea groups is 1. The molecule has 1 aromatic carbocycles. The van der Waals surface area contributed by atoms with E-state index < -0.39 is 11.9 Å². The van der Waals surface area contributed by atoms with E-state index in [4.69, 9.17) is 4.74 Å². The first-order valence-electron chi connectivity index (χ1n) is 8.55. The molecule has 6 nitrogen and oxygen atoms in total. The highest BCUT2D eigenvalue weighted by Gasteiger charge is 2.33. The Hall–Kier alpha value is -2.84. The van der Waals surface area contributed by atoms with Crippen molar-refractivity contribution in [1.82, 2.24) is 20.2 Å². The standard InChI is InChI=1S/C18H19F3N4O2/c19-18(20,21)15-6-9-22-16(24-15)27-14-7-10-25(11-8-14)17(26)23-12-13-4-2-1-3-5-13/h1-6,9,14H,7-8,10-12H2,(H,23,26). The summed E-state index contributed by atoms with van der Waals surface area (Å²) in [6, 6.07) is 9.89. The van der Waals surface area contributed by atoms with Gasteiger partial charge >= 0.3 is 18.2 Å². The first-order chi connectivity index (χ1) is 12.9. The van der Waals surface area contributed by atoms with Crippen molar-refractivity contribution in [3.63, 3.8) is 0 Å². The summed E-state index contributed by atoms with van der Waals surface area (Å²) in [6.45, 7) is 1.34. The van der Waals surface area contributed by atoms with Crippen molar-refractivity contribution in [3.05, 3.63) is 53.9 Å². The molecule has 3 rings (SSSR count). The van der Waals surface area contributed by atoms with Gasteiger partial charge in [0, 0.05) is 38.7 Å². The summed E-state index contributed by atoms with van der Waals surface area (Å²) in [5.74, 6) is 0. The monoisotopic (exact) mass is 380 g/mol. The molecule has 1 saturated heterocycles. The predicted octanol–water partition coefficient (Wildman–Crippen LogP) is 3.25. The molecule has 1 aliphatic rings. The predicted molar refractivity (Wildman–Crippen MR) is 90.9 cm³/mol. The Morgan fingerprint density at radius 1 is 1.19 bits per heavy atom. The van der Waals surface area contributed by atoms with Crippen molar-refractivity contribution in [2.24, 2.45) is 0 Å². The molecule has 1 aliphatic heterocycles. The van der Waals surface area contributed by atoms with Gasteiger partial charge in [-0.1, -0.05) is 30.3 Å². The molecule has 1 aromatic heterocycles. The number of carbonyl (C=O) groups excluding carboxylic acids is 1. The third-order valence-corrected chi connectivity index (χ3v) is 4.21. The van der Waals surface area contributed by atoms with E-state index in [1.807, 2.05) is 30.3 Å². The van der Waals surface area contributed by atoms with Crippen molar-refractivity contribution >= 4 is 6.03 Å². The fourth-order valence-electron chi connectivity index (χ4n) is 2.77. The maximum Gasteiger partial charge on any atom is 0.433 e. The molecular formula is C18H19F3N4O2. The van der Waals surface area contributed by atoms with Crippen LogP contribution in [0.15, 0.2) is 42.6 Å². The largest absolute Gasteiger partial charge is 0.460 e. The van der Waals surface area contributed by atoms with Gasteiger partial charge in [0.1, 0.15) is 6.10 Å². The molecule has 0 saturated carbocycles. The summed E-state index contributed by atoms with van der Waals surface area (Å²) in [5.41, 5.74) is -0.0315. The van der Waals surface area contributed by atoms with Crippen LogP contribution >= 0.6 is 0 Å². The number of amides is 2. The third-order valence-electron chi connectivity index (χ3n) is 4.21. The molecule has 27 heavy (non-hydrogen) atoms. The number of rotatable bonds is 4. The van der Waals surface area contributed by atoms with E-state index in [2.05, 4.69) is 15.3 Å². The van der Waals surface area contributed by atoms with Crippen molar-refractivity contribution in [2.75, 3.05) is 13.1 Å². The average Bonchev–Trinajstić information content (AvgIpc) is 2.67. The number of carbonyl (C=O) groups is 1. The van der Waals surface area contributed by atoms with Crippen molar-refractivity contribution in [1.29, 1.82) is 0 Å². The first-order valence-corrected chi connectivity index (χ1v) is 8.55.